The van der Waals surface area contributed by atoms with Gasteiger partial charge in [-0.1, -0.05) is 29.8 Å². The van der Waals surface area contributed by atoms with Crippen LogP contribution in [-0.4, -0.2) is 25.8 Å². The molecule has 2 aromatic carbocycles. The molecule has 6 heteroatoms. The normalized spacial score (nSPS) is 18.0. The first-order valence-corrected chi connectivity index (χ1v) is 7.74. The molecule has 3 nitrogen and oxygen atoms in total. The van der Waals surface area contributed by atoms with Crippen LogP contribution in [0.15, 0.2) is 36.4 Å². The Morgan fingerprint density at radius 3 is 2.83 bits per heavy atom. The van der Waals surface area contributed by atoms with Gasteiger partial charge in [0.05, 0.1) is 12.7 Å². The Hall–Kier alpha value is -1.69. The first kappa shape index (κ1) is 16.2. The van der Waals surface area contributed by atoms with E-state index in [1.54, 1.807) is 12.1 Å². The second kappa shape index (κ2) is 7.25. The fraction of sp³-hybridized carbons (Fsp3) is 0.294. The van der Waals surface area contributed by atoms with E-state index in [4.69, 9.17) is 21.1 Å². The molecule has 122 valence electrons. The zero-order chi connectivity index (χ0) is 16.2. The second-order valence-electron chi connectivity index (χ2n) is 5.31. The molecule has 0 aliphatic carbocycles. The van der Waals surface area contributed by atoms with Gasteiger partial charge < -0.3 is 14.8 Å². The number of hydrogen-bond acceptors (Lipinski definition) is 3. The molecule has 1 N–H and O–H groups in total. The minimum atomic E-state index is -0.848. The number of rotatable bonds is 4. The van der Waals surface area contributed by atoms with Crippen molar-refractivity contribution < 1.29 is 18.3 Å². The van der Waals surface area contributed by atoms with Crippen LogP contribution in [0.25, 0.3) is 0 Å². The van der Waals surface area contributed by atoms with E-state index in [-0.39, 0.29) is 16.9 Å². The highest BCUT2D eigenvalue weighted by atomic mass is 35.5. The van der Waals surface area contributed by atoms with Gasteiger partial charge in [0.1, 0.15) is 22.4 Å². The zero-order valence-corrected chi connectivity index (χ0v) is 13.1. The maximum atomic E-state index is 13.5. The molecule has 0 unspecified atom stereocenters. The number of para-hydroxylation sites is 1. The molecule has 1 saturated heterocycles. The molecule has 0 bridgehead atoms. The summed E-state index contributed by atoms with van der Waals surface area (Å²) in [7, 11) is 0. The number of hydrogen-bond donors (Lipinski definition) is 1. The smallest absolute Gasteiger partial charge is 0.151 e. The lowest BCUT2D eigenvalue weighted by atomic mass is 10.1. The van der Waals surface area contributed by atoms with Gasteiger partial charge in [0, 0.05) is 31.6 Å². The minimum absolute atomic E-state index is 0.0354. The van der Waals surface area contributed by atoms with E-state index in [1.165, 1.54) is 0 Å². The molecule has 1 atom stereocenters. The first-order chi connectivity index (χ1) is 11.1. The van der Waals surface area contributed by atoms with E-state index in [1.807, 2.05) is 12.1 Å². The predicted molar refractivity (Wildman–Crippen MR) is 84.2 cm³/mol. The maximum absolute atomic E-state index is 13.5. The van der Waals surface area contributed by atoms with E-state index in [0.29, 0.717) is 18.8 Å². The minimum Gasteiger partial charge on any atom is -0.455 e. The Morgan fingerprint density at radius 1 is 1.22 bits per heavy atom. The van der Waals surface area contributed by atoms with Crippen LogP contribution in [0.5, 0.6) is 11.5 Å². The Morgan fingerprint density at radius 2 is 2.04 bits per heavy atom. The van der Waals surface area contributed by atoms with E-state index in [0.717, 1.165) is 30.8 Å². The van der Waals surface area contributed by atoms with Gasteiger partial charge >= 0.3 is 0 Å². The lowest BCUT2D eigenvalue weighted by Crippen LogP contribution is -2.39. The van der Waals surface area contributed by atoms with Gasteiger partial charge in [-0.2, -0.15) is 0 Å². The molecule has 1 aliphatic rings. The van der Waals surface area contributed by atoms with Gasteiger partial charge in [0.25, 0.3) is 0 Å². The van der Waals surface area contributed by atoms with Crippen molar-refractivity contribution in [2.75, 3.05) is 19.7 Å². The Balaban J connectivity index is 1.83. The summed E-state index contributed by atoms with van der Waals surface area (Å²) in [6.07, 6.45) is 0.673. The molecule has 1 aliphatic heterocycles. The van der Waals surface area contributed by atoms with Crippen molar-refractivity contribution in [3.05, 3.63) is 58.6 Å². The molecule has 0 spiro atoms. The third kappa shape index (κ3) is 3.99. The lowest BCUT2D eigenvalue weighted by Gasteiger charge is -2.24. The van der Waals surface area contributed by atoms with Crippen molar-refractivity contribution in [1.29, 1.82) is 0 Å². The molecule has 0 radical (unpaired) electrons. The number of halogens is 3. The van der Waals surface area contributed by atoms with E-state index in [2.05, 4.69) is 5.32 Å². The van der Waals surface area contributed by atoms with Crippen LogP contribution in [0.3, 0.4) is 0 Å². The summed E-state index contributed by atoms with van der Waals surface area (Å²) >= 11 is 5.86. The van der Waals surface area contributed by atoms with Gasteiger partial charge in [0.2, 0.25) is 0 Å². The third-order valence-electron chi connectivity index (χ3n) is 3.60. The fourth-order valence-corrected chi connectivity index (χ4v) is 2.64. The summed E-state index contributed by atoms with van der Waals surface area (Å²) < 4.78 is 38.3. The summed E-state index contributed by atoms with van der Waals surface area (Å²) in [6, 6.07) is 9.11. The van der Waals surface area contributed by atoms with Crippen LogP contribution in [0.2, 0.25) is 5.02 Å². The molecule has 1 fully saturated rings. The van der Waals surface area contributed by atoms with Crippen molar-refractivity contribution in [1.82, 2.24) is 5.32 Å². The van der Waals surface area contributed by atoms with Crippen LogP contribution in [-0.2, 0) is 11.2 Å². The van der Waals surface area contributed by atoms with Gasteiger partial charge in [-0.25, -0.2) is 8.78 Å². The summed E-state index contributed by atoms with van der Waals surface area (Å²) in [6.45, 7) is 2.26. The highest BCUT2D eigenvalue weighted by Gasteiger charge is 2.18. The average molecular weight is 340 g/mol. The summed E-state index contributed by atoms with van der Waals surface area (Å²) in [4.78, 5) is 0. The van der Waals surface area contributed by atoms with E-state index in [9.17, 15) is 8.78 Å². The monoisotopic (exact) mass is 339 g/mol. The molecular formula is C17H16ClF2NO2. The Bertz CT molecular complexity index is 690. The standard InChI is InChI=1S/C17H16ClF2NO2/c18-17-14(20)8-12(19)9-16(17)23-15-4-2-1-3-11(15)7-13-10-21-5-6-22-13/h1-4,8-9,13,21H,5-7,10H2/t13-/m0/s1. The first-order valence-electron chi connectivity index (χ1n) is 7.36. The molecule has 0 saturated carbocycles. The van der Waals surface area contributed by atoms with Crippen LogP contribution in [0.1, 0.15) is 5.56 Å². The van der Waals surface area contributed by atoms with E-state index < -0.39 is 11.6 Å². The van der Waals surface area contributed by atoms with Crippen molar-refractivity contribution >= 4 is 11.6 Å². The van der Waals surface area contributed by atoms with Crippen molar-refractivity contribution in [3.8, 4) is 11.5 Å². The molecule has 2 aromatic rings. The van der Waals surface area contributed by atoms with Crippen molar-refractivity contribution in [2.45, 2.75) is 12.5 Å². The second-order valence-corrected chi connectivity index (χ2v) is 5.69. The Kier molecular flexibility index (Phi) is 5.10. The van der Waals surface area contributed by atoms with E-state index >= 15 is 0 Å². The zero-order valence-electron chi connectivity index (χ0n) is 12.3. The molecular weight excluding hydrogens is 324 g/mol. The number of benzene rings is 2. The largest absolute Gasteiger partial charge is 0.455 e. The fourth-order valence-electron chi connectivity index (χ4n) is 2.49. The molecule has 23 heavy (non-hydrogen) atoms. The highest BCUT2D eigenvalue weighted by molar-refractivity contribution is 6.32. The van der Waals surface area contributed by atoms with Crippen LogP contribution < -0.4 is 10.1 Å². The SMILES string of the molecule is Fc1cc(F)c(Cl)c(Oc2ccccc2C[C@H]2CNCCO2)c1. The number of ether oxygens (including phenoxy) is 2. The van der Waals surface area contributed by atoms with Gasteiger partial charge in [-0.05, 0) is 11.6 Å². The predicted octanol–water partition coefficient (Wildman–Crippen LogP) is 3.94. The van der Waals surface area contributed by atoms with Crippen LogP contribution in [0.4, 0.5) is 8.78 Å². The summed E-state index contributed by atoms with van der Waals surface area (Å²) in [5, 5.41) is 3.02. The summed E-state index contributed by atoms with van der Waals surface area (Å²) in [5.74, 6) is -1.12. The number of nitrogens with one attached hydrogen (secondary N) is 1. The number of morpholine rings is 1. The Labute approximate surface area is 138 Å². The van der Waals surface area contributed by atoms with Gasteiger partial charge in [-0.3, -0.25) is 0 Å². The lowest BCUT2D eigenvalue weighted by molar-refractivity contribution is 0.0289. The van der Waals surface area contributed by atoms with Gasteiger partial charge in [-0.15, -0.1) is 0 Å². The average Bonchev–Trinajstić information content (AvgIpc) is 2.55. The highest BCUT2D eigenvalue weighted by Crippen LogP contribution is 2.34. The molecule has 3 rings (SSSR count). The van der Waals surface area contributed by atoms with Gasteiger partial charge in [0.15, 0.2) is 5.75 Å². The molecule has 1 heterocycles. The quantitative estimate of drug-likeness (QED) is 0.856. The third-order valence-corrected chi connectivity index (χ3v) is 3.97. The van der Waals surface area contributed by atoms with Crippen LogP contribution >= 0.6 is 11.6 Å². The summed E-state index contributed by atoms with van der Waals surface area (Å²) in [5.41, 5.74) is 0.891. The topological polar surface area (TPSA) is 30.5 Å². The van der Waals surface area contributed by atoms with Crippen molar-refractivity contribution in [3.63, 3.8) is 0 Å². The maximum Gasteiger partial charge on any atom is 0.151 e. The molecule has 0 amide bonds. The van der Waals surface area contributed by atoms with Crippen LogP contribution in [0, 0.1) is 11.6 Å². The van der Waals surface area contributed by atoms with Crippen molar-refractivity contribution in [2.24, 2.45) is 0 Å². The molecule has 0 aromatic heterocycles.